The summed E-state index contributed by atoms with van der Waals surface area (Å²) in [6, 6.07) is 0. The van der Waals surface area contributed by atoms with Crippen LogP contribution in [0.5, 0.6) is 0 Å². The second kappa shape index (κ2) is 13.6. The van der Waals surface area contributed by atoms with Crippen LogP contribution in [-0.2, 0) is 14.3 Å². The van der Waals surface area contributed by atoms with Crippen LogP contribution in [0.1, 0.15) is 84.0 Å². The van der Waals surface area contributed by atoms with Crippen LogP contribution in [0.3, 0.4) is 0 Å². The zero-order chi connectivity index (χ0) is 14.3. The van der Waals surface area contributed by atoms with Gasteiger partial charge in [-0.1, -0.05) is 58.3 Å². The van der Waals surface area contributed by atoms with E-state index in [0.717, 1.165) is 12.8 Å². The number of ketones is 1. The first-order chi connectivity index (χ1) is 9.20. The Balaban J connectivity index is 3.21. The average Bonchev–Trinajstić information content (AvgIpc) is 2.42. The number of carbonyl (C=O) groups is 2. The van der Waals surface area contributed by atoms with E-state index >= 15 is 0 Å². The van der Waals surface area contributed by atoms with Gasteiger partial charge in [-0.15, -0.1) is 0 Å². The number of unbranched alkanes of at least 4 members (excludes halogenated alkanes) is 8. The smallest absolute Gasteiger partial charge is 0.305 e. The van der Waals surface area contributed by atoms with Crippen molar-refractivity contribution in [3.8, 4) is 0 Å². The van der Waals surface area contributed by atoms with Crippen LogP contribution in [-0.4, -0.2) is 18.9 Å². The molecule has 0 amide bonds. The van der Waals surface area contributed by atoms with E-state index in [0.29, 0.717) is 12.8 Å². The van der Waals surface area contributed by atoms with Crippen LogP contribution in [0.4, 0.5) is 0 Å². The molecule has 0 spiro atoms. The Labute approximate surface area is 118 Å². The molecule has 0 aliphatic rings. The van der Waals surface area contributed by atoms with Gasteiger partial charge in [-0.3, -0.25) is 9.59 Å². The lowest BCUT2D eigenvalue weighted by Gasteiger charge is -2.02. The van der Waals surface area contributed by atoms with Crippen LogP contribution in [0.2, 0.25) is 0 Å². The number of hydrogen-bond donors (Lipinski definition) is 0. The van der Waals surface area contributed by atoms with Gasteiger partial charge in [0.05, 0.1) is 13.5 Å². The monoisotopic (exact) mass is 270 g/mol. The van der Waals surface area contributed by atoms with E-state index in [4.69, 9.17) is 0 Å². The van der Waals surface area contributed by atoms with E-state index in [1.807, 2.05) is 0 Å². The number of rotatable bonds is 13. The number of carbonyl (C=O) groups excluding carboxylic acids is 2. The third-order valence-corrected chi connectivity index (χ3v) is 3.39. The molecule has 0 rings (SSSR count). The molecule has 3 nitrogen and oxygen atoms in total. The molecule has 0 saturated heterocycles. The molecule has 19 heavy (non-hydrogen) atoms. The van der Waals surface area contributed by atoms with Gasteiger partial charge in [-0.05, 0) is 6.42 Å². The fourth-order valence-corrected chi connectivity index (χ4v) is 2.10. The van der Waals surface area contributed by atoms with Crippen molar-refractivity contribution in [2.75, 3.05) is 7.11 Å². The van der Waals surface area contributed by atoms with Gasteiger partial charge in [0.2, 0.25) is 0 Å². The molecule has 0 bridgehead atoms. The molecule has 0 heterocycles. The number of hydrogen-bond acceptors (Lipinski definition) is 3. The molecule has 0 saturated carbocycles. The van der Waals surface area contributed by atoms with Gasteiger partial charge in [-0.2, -0.15) is 0 Å². The second-order valence-corrected chi connectivity index (χ2v) is 5.19. The lowest BCUT2D eigenvalue weighted by Crippen LogP contribution is -2.05. The van der Waals surface area contributed by atoms with Crippen LogP contribution in [0.25, 0.3) is 0 Å². The maximum absolute atomic E-state index is 11.5. The van der Waals surface area contributed by atoms with Crippen molar-refractivity contribution in [1.29, 1.82) is 0 Å². The fourth-order valence-electron chi connectivity index (χ4n) is 2.10. The van der Waals surface area contributed by atoms with Crippen LogP contribution in [0.15, 0.2) is 0 Å². The van der Waals surface area contributed by atoms with E-state index in [1.165, 1.54) is 52.1 Å². The zero-order valence-electron chi connectivity index (χ0n) is 12.7. The molecular formula is C16H30O3. The zero-order valence-corrected chi connectivity index (χ0v) is 12.7. The summed E-state index contributed by atoms with van der Waals surface area (Å²) < 4.78 is 4.51. The van der Waals surface area contributed by atoms with E-state index < -0.39 is 0 Å². The Kier molecular flexibility index (Phi) is 13.0. The molecule has 0 aromatic carbocycles. The minimum absolute atomic E-state index is 0.188. The molecule has 0 aliphatic carbocycles. The maximum Gasteiger partial charge on any atom is 0.305 e. The summed E-state index contributed by atoms with van der Waals surface area (Å²) in [6.07, 6.45) is 12.5. The predicted octanol–water partition coefficient (Wildman–Crippen LogP) is 4.43. The first-order valence-electron chi connectivity index (χ1n) is 7.79. The third kappa shape index (κ3) is 13.4. The highest BCUT2D eigenvalue weighted by atomic mass is 16.5. The lowest BCUT2D eigenvalue weighted by molar-refractivity contribution is -0.141. The quantitative estimate of drug-likeness (QED) is 0.367. The Morgan fingerprint density at radius 3 is 1.79 bits per heavy atom. The fraction of sp³-hybridized carbons (Fsp3) is 0.875. The highest BCUT2D eigenvalue weighted by molar-refractivity contribution is 5.82. The topological polar surface area (TPSA) is 43.4 Å². The molecule has 0 N–H and O–H groups in total. The van der Waals surface area contributed by atoms with E-state index in [9.17, 15) is 9.59 Å². The van der Waals surface area contributed by atoms with Gasteiger partial charge in [0.15, 0.2) is 0 Å². The molecule has 0 aliphatic heterocycles. The summed E-state index contributed by atoms with van der Waals surface area (Å²) in [5.41, 5.74) is 0. The molecule has 0 radical (unpaired) electrons. The first-order valence-corrected chi connectivity index (χ1v) is 7.79. The summed E-state index contributed by atoms with van der Waals surface area (Å²) in [7, 11) is 1.35. The summed E-state index contributed by atoms with van der Waals surface area (Å²) in [6.45, 7) is 2.23. The Hall–Kier alpha value is -0.860. The highest BCUT2D eigenvalue weighted by Crippen LogP contribution is 2.11. The lowest BCUT2D eigenvalue weighted by atomic mass is 10.0. The SMILES string of the molecule is CCCCCCCCCCCC(=O)CCC(=O)OC. The maximum atomic E-state index is 11.5. The number of ether oxygens (including phenoxy) is 1. The minimum Gasteiger partial charge on any atom is -0.469 e. The van der Waals surface area contributed by atoms with Crippen molar-refractivity contribution < 1.29 is 14.3 Å². The molecule has 0 aromatic rings. The van der Waals surface area contributed by atoms with Gasteiger partial charge in [0.1, 0.15) is 5.78 Å². The summed E-state index contributed by atoms with van der Waals surface area (Å²) in [5, 5.41) is 0. The molecule has 0 unspecified atom stereocenters. The Morgan fingerprint density at radius 1 is 0.737 bits per heavy atom. The van der Waals surface area contributed by atoms with Crippen molar-refractivity contribution in [2.45, 2.75) is 84.0 Å². The minimum atomic E-state index is -0.291. The number of Topliss-reactive ketones (excluding diaryl/α,β-unsaturated/α-hetero) is 1. The Bertz CT molecular complexity index is 236. The van der Waals surface area contributed by atoms with Crippen molar-refractivity contribution in [2.24, 2.45) is 0 Å². The van der Waals surface area contributed by atoms with Crippen molar-refractivity contribution in [3.63, 3.8) is 0 Å². The summed E-state index contributed by atoms with van der Waals surface area (Å²) in [4.78, 5) is 22.3. The molecule has 0 aromatic heterocycles. The van der Waals surface area contributed by atoms with E-state index in [2.05, 4.69) is 11.7 Å². The molecule has 3 heteroatoms. The van der Waals surface area contributed by atoms with Crippen LogP contribution >= 0.6 is 0 Å². The van der Waals surface area contributed by atoms with Gasteiger partial charge in [0, 0.05) is 12.8 Å². The highest BCUT2D eigenvalue weighted by Gasteiger charge is 2.06. The van der Waals surface area contributed by atoms with Crippen molar-refractivity contribution in [1.82, 2.24) is 0 Å². The van der Waals surface area contributed by atoms with Crippen molar-refractivity contribution >= 4 is 11.8 Å². The van der Waals surface area contributed by atoms with Gasteiger partial charge >= 0.3 is 5.97 Å². The number of methoxy groups -OCH3 is 1. The molecule has 0 atom stereocenters. The second-order valence-electron chi connectivity index (χ2n) is 5.19. The normalized spacial score (nSPS) is 10.4. The molecule has 112 valence electrons. The predicted molar refractivity (Wildman–Crippen MR) is 78.1 cm³/mol. The van der Waals surface area contributed by atoms with Crippen molar-refractivity contribution in [3.05, 3.63) is 0 Å². The van der Waals surface area contributed by atoms with Crippen LogP contribution < -0.4 is 0 Å². The van der Waals surface area contributed by atoms with Gasteiger partial charge in [0.25, 0.3) is 0 Å². The standard InChI is InChI=1S/C16H30O3/c1-3-4-5-6-7-8-9-10-11-12-15(17)13-14-16(18)19-2/h3-14H2,1-2H3. The average molecular weight is 270 g/mol. The Morgan fingerprint density at radius 2 is 1.26 bits per heavy atom. The first kappa shape index (κ1) is 18.1. The number of esters is 1. The van der Waals surface area contributed by atoms with E-state index in [1.54, 1.807) is 0 Å². The molecule has 0 fully saturated rings. The summed E-state index contributed by atoms with van der Waals surface area (Å²) >= 11 is 0. The third-order valence-electron chi connectivity index (χ3n) is 3.39. The largest absolute Gasteiger partial charge is 0.469 e. The van der Waals surface area contributed by atoms with Gasteiger partial charge in [-0.25, -0.2) is 0 Å². The van der Waals surface area contributed by atoms with Gasteiger partial charge < -0.3 is 4.74 Å². The van der Waals surface area contributed by atoms with E-state index in [-0.39, 0.29) is 18.2 Å². The molecular weight excluding hydrogens is 240 g/mol. The summed E-state index contributed by atoms with van der Waals surface area (Å²) in [5.74, 6) is -0.103. The van der Waals surface area contributed by atoms with Crippen LogP contribution in [0, 0.1) is 0 Å².